The number of nitrogens with one attached hydrogen (secondary N) is 1. The minimum atomic E-state index is -3.65. The van der Waals surface area contributed by atoms with Gasteiger partial charge in [-0.25, -0.2) is 13.6 Å². The van der Waals surface area contributed by atoms with E-state index in [2.05, 4.69) is 15.1 Å². The number of hydrogen-bond donors (Lipinski definition) is 2. The first kappa shape index (κ1) is 15.4. The van der Waals surface area contributed by atoms with Crippen molar-refractivity contribution in [2.24, 2.45) is 12.2 Å². The van der Waals surface area contributed by atoms with Gasteiger partial charge in [0.05, 0.1) is 16.7 Å². The number of rotatable bonds is 6. The van der Waals surface area contributed by atoms with Crippen molar-refractivity contribution in [1.29, 1.82) is 0 Å². The molecule has 2 aromatic rings. The highest BCUT2D eigenvalue weighted by atomic mass is 32.2. The first-order valence-corrected chi connectivity index (χ1v) is 7.77. The van der Waals surface area contributed by atoms with Crippen molar-refractivity contribution in [2.75, 3.05) is 6.54 Å². The molecule has 1 aromatic heterocycles. The topological polar surface area (TPSA) is 125 Å². The zero-order valence-electron chi connectivity index (χ0n) is 11.4. The van der Waals surface area contributed by atoms with E-state index in [1.165, 1.54) is 16.8 Å². The normalized spacial score (nSPS) is 11.7. The smallest absolute Gasteiger partial charge is 0.246 e. The number of primary sulfonamides is 1. The molecule has 9 heteroatoms. The maximum absolute atomic E-state index is 11.3. The standard InChI is InChI=1S/C12H16N4O4S/c1-16-11(12(17)20-15-16)8-14-7-6-9-2-4-10(5-3-9)21(13,18)19/h2-5,14H,6-8H2,1H3,(H2-,13,15,17,18,19). The molecule has 0 spiro atoms. The molecule has 0 aliphatic heterocycles. The molecule has 0 saturated heterocycles. The zero-order valence-corrected chi connectivity index (χ0v) is 12.3. The van der Waals surface area contributed by atoms with Crippen LogP contribution in [0.15, 0.2) is 33.7 Å². The predicted octanol–water partition coefficient (Wildman–Crippen LogP) is -1.45. The molecule has 0 saturated carbocycles. The molecule has 0 atom stereocenters. The van der Waals surface area contributed by atoms with Gasteiger partial charge in [0.2, 0.25) is 15.7 Å². The second kappa shape index (κ2) is 6.20. The van der Waals surface area contributed by atoms with Gasteiger partial charge < -0.3 is 14.9 Å². The van der Waals surface area contributed by atoms with Crippen LogP contribution in [0.4, 0.5) is 0 Å². The molecule has 0 radical (unpaired) electrons. The van der Waals surface area contributed by atoms with E-state index in [-0.39, 0.29) is 4.90 Å². The van der Waals surface area contributed by atoms with E-state index in [9.17, 15) is 13.5 Å². The van der Waals surface area contributed by atoms with E-state index in [4.69, 9.17) is 5.14 Å². The molecule has 0 unspecified atom stereocenters. The van der Waals surface area contributed by atoms with Crippen LogP contribution >= 0.6 is 0 Å². The quantitative estimate of drug-likeness (QED) is 0.497. The molecular formula is C12H16N4O4S. The largest absolute Gasteiger partial charge is 0.539 e. The minimum Gasteiger partial charge on any atom is -0.539 e. The molecule has 0 fully saturated rings. The summed E-state index contributed by atoms with van der Waals surface area (Å²) >= 11 is 0. The summed E-state index contributed by atoms with van der Waals surface area (Å²) in [6.45, 7) is 0.980. The van der Waals surface area contributed by atoms with Crippen LogP contribution in [0.25, 0.3) is 0 Å². The average molecular weight is 312 g/mol. The van der Waals surface area contributed by atoms with Crippen molar-refractivity contribution in [3.8, 4) is 5.95 Å². The lowest BCUT2D eigenvalue weighted by Gasteiger charge is -2.04. The Balaban J connectivity index is 1.84. The molecule has 3 N–H and O–H groups in total. The molecule has 0 amide bonds. The monoisotopic (exact) mass is 312 g/mol. The van der Waals surface area contributed by atoms with Gasteiger partial charge in [0.25, 0.3) is 0 Å². The highest BCUT2D eigenvalue weighted by Crippen LogP contribution is 2.09. The third-order valence-corrected chi connectivity index (χ3v) is 3.94. The van der Waals surface area contributed by atoms with Gasteiger partial charge in [-0.05, 0) is 30.7 Å². The molecule has 1 heterocycles. The molecule has 8 nitrogen and oxygen atoms in total. The summed E-state index contributed by atoms with van der Waals surface area (Å²) in [6.07, 6.45) is 0.689. The van der Waals surface area contributed by atoms with Crippen LogP contribution in [0.1, 0.15) is 11.3 Å². The van der Waals surface area contributed by atoms with Crippen LogP contribution in [-0.4, -0.2) is 20.2 Å². The fraction of sp³-hybridized carbons (Fsp3) is 0.333. The van der Waals surface area contributed by atoms with Gasteiger partial charge in [0.1, 0.15) is 0 Å². The highest BCUT2D eigenvalue weighted by Gasteiger charge is 2.12. The van der Waals surface area contributed by atoms with Crippen LogP contribution in [0.5, 0.6) is 5.95 Å². The van der Waals surface area contributed by atoms with E-state index < -0.39 is 16.0 Å². The van der Waals surface area contributed by atoms with Crippen molar-refractivity contribution in [3.63, 3.8) is 0 Å². The minimum absolute atomic E-state index is 0.0895. The number of hydrogen-bond acceptors (Lipinski definition) is 6. The van der Waals surface area contributed by atoms with Gasteiger partial charge in [0, 0.05) is 0 Å². The fourth-order valence-electron chi connectivity index (χ4n) is 1.80. The lowest BCUT2D eigenvalue weighted by atomic mass is 10.1. The Hall–Kier alpha value is -1.97. The number of sulfonamides is 1. The van der Waals surface area contributed by atoms with Gasteiger partial charge in [-0.1, -0.05) is 16.8 Å². The van der Waals surface area contributed by atoms with Gasteiger partial charge in [-0.15, -0.1) is 0 Å². The number of aryl methyl sites for hydroxylation is 1. The van der Waals surface area contributed by atoms with E-state index in [0.717, 1.165) is 5.56 Å². The molecule has 0 aliphatic carbocycles. The summed E-state index contributed by atoms with van der Waals surface area (Å²) in [7, 11) is -2.02. The first-order chi connectivity index (χ1) is 9.88. The third-order valence-electron chi connectivity index (χ3n) is 3.01. The van der Waals surface area contributed by atoms with E-state index in [0.29, 0.717) is 25.2 Å². The summed E-state index contributed by atoms with van der Waals surface area (Å²) in [5.74, 6) is -0.456. The van der Waals surface area contributed by atoms with Crippen molar-refractivity contribution in [3.05, 3.63) is 35.5 Å². The summed E-state index contributed by atoms with van der Waals surface area (Å²) in [5, 5.41) is 22.9. The van der Waals surface area contributed by atoms with E-state index in [1.807, 2.05) is 0 Å². The van der Waals surface area contributed by atoms with Crippen LogP contribution in [-0.2, 0) is 30.0 Å². The predicted molar refractivity (Wildman–Crippen MR) is 70.4 cm³/mol. The van der Waals surface area contributed by atoms with Gasteiger partial charge >= 0.3 is 0 Å². The number of nitrogens with zero attached hydrogens (tertiary/aromatic N) is 2. The lowest BCUT2D eigenvalue weighted by Crippen LogP contribution is -2.37. The Morgan fingerprint density at radius 2 is 2.05 bits per heavy atom. The summed E-state index contributed by atoms with van der Waals surface area (Å²) in [5.41, 5.74) is 1.41. The van der Waals surface area contributed by atoms with Crippen LogP contribution < -0.4 is 20.2 Å². The van der Waals surface area contributed by atoms with Crippen LogP contribution in [0.2, 0.25) is 0 Å². The van der Waals surface area contributed by atoms with Crippen molar-refractivity contribution >= 4 is 10.0 Å². The van der Waals surface area contributed by atoms with Crippen molar-refractivity contribution in [1.82, 2.24) is 10.6 Å². The average Bonchev–Trinajstić information content (AvgIpc) is 2.74. The lowest BCUT2D eigenvalue weighted by molar-refractivity contribution is -0.746. The Morgan fingerprint density at radius 3 is 2.57 bits per heavy atom. The maximum Gasteiger partial charge on any atom is 0.246 e. The summed E-state index contributed by atoms with van der Waals surface area (Å²) in [4.78, 5) is 0.0895. The fourth-order valence-corrected chi connectivity index (χ4v) is 2.32. The zero-order chi connectivity index (χ0) is 15.5. The Morgan fingerprint density at radius 1 is 1.38 bits per heavy atom. The molecule has 2 rings (SSSR count). The van der Waals surface area contributed by atoms with E-state index in [1.54, 1.807) is 19.2 Å². The first-order valence-electron chi connectivity index (χ1n) is 6.22. The number of benzene rings is 1. The van der Waals surface area contributed by atoms with Gasteiger partial charge in [-0.3, -0.25) is 0 Å². The second-order valence-electron chi connectivity index (χ2n) is 4.55. The Labute approximate surface area is 122 Å². The van der Waals surface area contributed by atoms with E-state index >= 15 is 0 Å². The molecule has 1 aromatic carbocycles. The summed E-state index contributed by atoms with van der Waals surface area (Å²) < 4.78 is 28.1. The second-order valence-corrected chi connectivity index (χ2v) is 6.11. The van der Waals surface area contributed by atoms with Crippen molar-refractivity contribution < 1.29 is 22.7 Å². The van der Waals surface area contributed by atoms with Crippen LogP contribution in [0.3, 0.4) is 0 Å². The number of aromatic nitrogens is 2. The molecule has 0 aliphatic rings. The summed E-state index contributed by atoms with van der Waals surface area (Å²) in [6, 6.07) is 6.36. The SMILES string of the molecule is C[n+]1noc([O-])c1CNCCc1ccc(S(N)(=O)=O)cc1. The number of nitrogens with two attached hydrogens (primary N) is 1. The maximum atomic E-state index is 11.3. The Kier molecular flexibility index (Phi) is 4.56. The third kappa shape index (κ3) is 4.00. The van der Waals surface area contributed by atoms with Crippen LogP contribution in [0, 0.1) is 0 Å². The molecule has 114 valence electrons. The van der Waals surface area contributed by atoms with Gasteiger partial charge in [0.15, 0.2) is 13.0 Å². The van der Waals surface area contributed by atoms with Crippen molar-refractivity contribution in [2.45, 2.75) is 17.9 Å². The molecule has 0 bridgehead atoms. The highest BCUT2D eigenvalue weighted by molar-refractivity contribution is 7.89. The van der Waals surface area contributed by atoms with Gasteiger partial charge in [-0.2, -0.15) is 0 Å². The Bertz CT molecular complexity index is 690. The molecular weight excluding hydrogens is 296 g/mol. The molecule has 21 heavy (non-hydrogen) atoms.